The third kappa shape index (κ3) is 5.38. The fraction of sp³-hybridized carbons (Fsp3) is 0.733. The zero-order valence-corrected chi connectivity index (χ0v) is 13.3. The van der Waals surface area contributed by atoms with Crippen LogP contribution in [0.1, 0.15) is 31.4 Å². The first kappa shape index (κ1) is 15.8. The van der Waals surface area contributed by atoms with Crippen LogP contribution in [0.5, 0.6) is 0 Å². The Morgan fingerprint density at radius 1 is 1.29 bits per heavy atom. The summed E-state index contributed by atoms with van der Waals surface area (Å²) < 4.78 is 1.87. The van der Waals surface area contributed by atoms with Gasteiger partial charge in [0.05, 0.1) is 12.2 Å². The SMILES string of the molecule is CN=C(NCCCCN1CCCC1)NCc1ccnn1C. The van der Waals surface area contributed by atoms with Crippen molar-refractivity contribution in [2.45, 2.75) is 32.2 Å². The lowest BCUT2D eigenvalue weighted by molar-refractivity contribution is 0.330. The van der Waals surface area contributed by atoms with E-state index in [1.54, 1.807) is 0 Å². The smallest absolute Gasteiger partial charge is 0.191 e. The van der Waals surface area contributed by atoms with Crippen LogP contribution in [-0.2, 0) is 13.6 Å². The van der Waals surface area contributed by atoms with Crippen molar-refractivity contribution >= 4 is 5.96 Å². The fourth-order valence-corrected chi connectivity index (χ4v) is 2.64. The second-order valence-electron chi connectivity index (χ2n) is 5.55. The predicted molar refractivity (Wildman–Crippen MR) is 86.3 cm³/mol. The fourth-order valence-electron chi connectivity index (χ4n) is 2.64. The number of aromatic nitrogens is 2. The lowest BCUT2D eigenvalue weighted by atomic mass is 10.3. The Labute approximate surface area is 127 Å². The van der Waals surface area contributed by atoms with Crippen molar-refractivity contribution in [3.05, 3.63) is 18.0 Å². The monoisotopic (exact) mass is 292 g/mol. The average molecular weight is 292 g/mol. The highest BCUT2D eigenvalue weighted by atomic mass is 15.3. The van der Waals surface area contributed by atoms with Gasteiger partial charge in [-0.15, -0.1) is 0 Å². The highest BCUT2D eigenvalue weighted by molar-refractivity contribution is 5.79. The highest BCUT2D eigenvalue weighted by Crippen LogP contribution is 2.07. The van der Waals surface area contributed by atoms with Gasteiger partial charge in [0.1, 0.15) is 0 Å². The van der Waals surface area contributed by atoms with Gasteiger partial charge in [0, 0.05) is 26.8 Å². The number of likely N-dealkylation sites (tertiary alicyclic amines) is 1. The van der Waals surface area contributed by atoms with E-state index in [1.807, 2.05) is 31.0 Å². The summed E-state index contributed by atoms with van der Waals surface area (Å²) in [5.41, 5.74) is 1.15. The first-order valence-electron chi connectivity index (χ1n) is 7.93. The van der Waals surface area contributed by atoms with Gasteiger partial charge in [-0.25, -0.2) is 0 Å². The second-order valence-corrected chi connectivity index (χ2v) is 5.55. The first-order valence-corrected chi connectivity index (χ1v) is 7.93. The first-order chi connectivity index (χ1) is 10.3. The van der Waals surface area contributed by atoms with Crippen molar-refractivity contribution in [3.63, 3.8) is 0 Å². The minimum absolute atomic E-state index is 0.740. The van der Waals surface area contributed by atoms with Crippen molar-refractivity contribution in [2.24, 2.45) is 12.0 Å². The summed E-state index contributed by atoms with van der Waals surface area (Å²) in [7, 11) is 3.76. The van der Waals surface area contributed by atoms with E-state index in [9.17, 15) is 0 Å². The molecular weight excluding hydrogens is 264 g/mol. The Bertz CT molecular complexity index is 433. The normalized spacial score (nSPS) is 16.4. The molecule has 2 rings (SSSR count). The van der Waals surface area contributed by atoms with Crippen LogP contribution in [0.2, 0.25) is 0 Å². The molecule has 0 saturated carbocycles. The van der Waals surface area contributed by atoms with Crippen molar-refractivity contribution < 1.29 is 0 Å². The molecule has 1 aliphatic rings. The number of hydrogen-bond donors (Lipinski definition) is 2. The minimum atomic E-state index is 0.740. The van der Waals surface area contributed by atoms with E-state index in [4.69, 9.17) is 0 Å². The summed E-state index contributed by atoms with van der Waals surface area (Å²) in [4.78, 5) is 6.81. The molecule has 6 nitrogen and oxygen atoms in total. The van der Waals surface area contributed by atoms with E-state index in [2.05, 4.69) is 25.6 Å². The van der Waals surface area contributed by atoms with Crippen molar-refractivity contribution in [1.82, 2.24) is 25.3 Å². The number of guanidine groups is 1. The molecule has 21 heavy (non-hydrogen) atoms. The maximum Gasteiger partial charge on any atom is 0.191 e. The average Bonchev–Trinajstić information content (AvgIpc) is 3.14. The lowest BCUT2D eigenvalue weighted by Crippen LogP contribution is -2.37. The summed E-state index contributed by atoms with van der Waals surface area (Å²) in [5, 5.41) is 10.8. The molecule has 1 aliphatic heterocycles. The van der Waals surface area contributed by atoms with Crippen LogP contribution in [-0.4, -0.2) is 53.9 Å². The Morgan fingerprint density at radius 3 is 2.76 bits per heavy atom. The minimum Gasteiger partial charge on any atom is -0.356 e. The van der Waals surface area contributed by atoms with Crippen LogP contribution < -0.4 is 10.6 Å². The Kier molecular flexibility index (Phi) is 6.53. The molecule has 1 aromatic heterocycles. The van der Waals surface area contributed by atoms with Gasteiger partial charge in [-0.1, -0.05) is 0 Å². The highest BCUT2D eigenvalue weighted by Gasteiger charge is 2.10. The van der Waals surface area contributed by atoms with Gasteiger partial charge in [-0.3, -0.25) is 9.67 Å². The number of aryl methyl sites for hydroxylation is 1. The van der Waals surface area contributed by atoms with E-state index < -0.39 is 0 Å². The summed E-state index contributed by atoms with van der Waals surface area (Å²) in [6.07, 6.45) is 7.01. The zero-order chi connectivity index (χ0) is 14.9. The number of hydrogen-bond acceptors (Lipinski definition) is 3. The van der Waals surface area contributed by atoms with Crippen LogP contribution in [0.3, 0.4) is 0 Å². The summed E-state index contributed by atoms with van der Waals surface area (Å²) in [5.74, 6) is 0.859. The van der Waals surface area contributed by atoms with Gasteiger partial charge in [0.2, 0.25) is 0 Å². The van der Waals surface area contributed by atoms with Gasteiger partial charge in [-0.05, 0) is 51.4 Å². The Morgan fingerprint density at radius 2 is 2.10 bits per heavy atom. The van der Waals surface area contributed by atoms with Gasteiger partial charge >= 0.3 is 0 Å². The molecule has 0 spiro atoms. The van der Waals surface area contributed by atoms with Gasteiger partial charge < -0.3 is 15.5 Å². The van der Waals surface area contributed by atoms with Gasteiger partial charge in [-0.2, -0.15) is 5.10 Å². The van der Waals surface area contributed by atoms with Crippen molar-refractivity contribution in [3.8, 4) is 0 Å². The number of unbranched alkanes of at least 4 members (excludes halogenated alkanes) is 1. The third-order valence-corrected chi connectivity index (χ3v) is 3.98. The van der Waals surface area contributed by atoms with Crippen LogP contribution >= 0.6 is 0 Å². The maximum atomic E-state index is 4.25. The second kappa shape index (κ2) is 8.67. The maximum absolute atomic E-state index is 4.25. The summed E-state index contributed by atoms with van der Waals surface area (Å²) >= 11 is 0. The summed E-state index contributed by atoms with van der Waals surface area (Å²) in [6.45, 7) is 5.54. The van der Waals surface area contributed by atoms with Crippen molar-refractivity contribution in [2.75, 3.05) is 33.2 Å². The van der Waals surface area contributed by atoms with Gasteiger partial charge in [0.25, 0.3) is 0 Å². The van der Waals surface area contributed by atoms with E-state index >= 15 is 0 Å². The molecular formula is C15H28N6. The molecule has 0 bridgehead atoms. The molecule has 0 atom stereocenters. The molecule has 6 heteroatoms. The molecule has 1 aromatic rings. The van der Waals surface area contributed by atoms with E-state index in [0.29, 0.717) is 0 Å². The van der Waals surface area contributed by atoms with Crippen LogP contribution in [0.25, 0.3) is 0 Å². The topological polar surface area (TPSA) is 57.5 Å². The number of nitrogens with one attached hydrogen (secondary N) is 2. The molecule has 0 aliphatic carbocycles. The Balaban J connectivity index is 1.56. The van der Waals surface area contributed by atoms with Crippen molar-refractivity contribution in [1.29, 1.82) is 0 Å². The molecule has 0 radical (unpaired) electrons. The van der Waals surface area contributed by atoms with E-state index in [0.717, 1.165) is 24.7 Å². The van der Waals surface area contributed by atoms with Crippen LogP contribution in [0, 0.1) is 0 Å². The van der Waals surface area contributed by atoms with Crippen LogP contribution in [0.4, 0.5) is 0 Å². The summed E-state index contributed by atoms with van der Waals surface area (Å²) in [6, 6.07) is 2.01. The molecule has 2 heterocycles. The molecule has 2 N–H and O–H groups in total. The largest absolute Gasteiger partial charge is 0.356 e. The Hall–Kier alpha value is -1.56. The van der Waals surface area contributed by atoms with Crippen LogP contribution in [0.15, 0.2) is 17.3 Å². The van der Waals surface area contributed by atoms with E-state index in [1.165, 1.54) is 45.3 Å². The molecule has 0 aromatic carbocycles. The molecule has 118 valence electrons. The molecule has 1 saturated heterocycles. The van der Waals surface area contributed by atoms with Gasteiger partial charge in [0.15, 0.2) is 5.96 Å². The number of aliphatic imine (C=N–C) groups is 1. The molecule has 0 amide bonds. The zero-order valence-electron chi connectivity index (χ0n) is 13.3. The number of nitrogens with zero attached hydrogens (tertiary/aromatic N) is 4. The predicted octanol–water partition coefficient (Wildman–Crippen LogP) is 0.961. The standard InChI is InChI=1S/C15H28N6/c1-16-15(18-13-14-7-9-19-20(14)2)17-8-3-4-10-21-11-5-6-12-21/h7,9H,3-6,8,10-13H2,1-2H3,(H2,16,17,18). The quantitative estimate of drug-likeness (QED) is 0.446. The molecule has 1 fully saturated rings. The lowest BCUT2D eigenvalue weighted by Gasteiger charge is -2.15. The number of rotatable bonds is 7. The molecule has 0 unspecified atom stereocenters. The van der Waals surface area contributed by atoms with E-state index in [-0.39, 0.29) is 0 Å². The third-order valence-electron chi connectivity index (χ3n) is 3.98.